The third-order valence-corrected chi connectivity index (χ3v) is 2.91. The number of pyridine rings is 1. The minimum absolute atomic E-state index is 0.170. The van der Waals surface area contributed by atoms with Gasteiger partial charge in [-0.3, -0.25) is 10.3 Å². The van der Waals surface area contributed by atoms with Gasteiger partial charge in [-0.2, -0.15) is 0 Å². The summed E-state index contributed by atoms with van der Waals surface area (Å²) in [4.78, 5) is 16.4. The van der Waals surface area contributed by atoms with E-state index in [1.165, 1.54) is 7.11 Å². The molecule has 0 bridgehead atoms. The highest BCUT2D eigenvalue weighted by molar-refractivity contribution is 5.88. The molecule has 19 heavy (non-hydrogen) atoms. The molecule has 1 atom stereocenters. The average Bonchev–Trinajstić information content (AvgIpc) is 2.43. The molecule has 1 heterocycles. The number of nitrogens with zero attached hydrogens (tertiary/aromatic N) is 1. The van der Waals surface area contributed by atoms with Crippen molar-refractivity contribution in [1.29, 1.82) is 0 Å². The van der Waals surface area contributed by atoms with Crippen LogP contribution in [0.5, 0.6) is 0 Å². The highest BCUT2D eigenvalue weighted by Gasteiger charge is 2.24. The number of hydrogen-bond donors (Lipinski definition) is 1. The average molecular weight is 258 g/mol. The number of para-hydroxylation sites is 1. The molecule has 1 aromatic carbocycles. The van der Waals surface area contributed by atoms with Crippen LogP contribution < -0.4 is 5.32 Å². The summed E-state index contributed by atoms with van der Waals surface area (Å²) in [5.41, 5.74) is 1.67. The van der Waals surface area contributed by atoms with Gasteiger partial charge in [0.2, 0.25) is 0 Å². The lowest BCUT2D eigenvalue weighted by Crippen LogP contribution is -2.34. The summed E-state index contributed by atoms with van der Waals surface area (Å²) < 4.78 is 4.89. The van der Waals surface area contributed by atoms with E-state index in [4.69, 9.17) is 4.74 Å². The fraction of sp³-hybridized carbons (Fsp3) is 0.333. The number of aromatic nitrogens is 1. The number of benzene rings is 1. The van der Waals surface area contributed by atoms with Crippen molar-refractivity contribution in [3.8, 4) is 0 Å². The standard InChI is InChI=1S/C15H18N2O2/c1-10(2)17-14(15(18)19-3)12-8-4-6-11-7-5-9-16-13(11)12/h4-10,14,17H,1-3H3. The van der Waals surface area contributed by atoms with E-state index in [-0.39, 0.29) is 12.0 Å². The van der Waals surface area contributed by atoms with Gasteiger partial charge in [-0.05, 0) is 19.9 Å². The van der Waals surface area contributed by atoms with E-state index in [2.05, 4.69) is 10.3 Å². The number of esters is 1. The Kier molecular flexibility index (Phi) is 4.12. The van der Waals surface area contributed by atoms with E-state index >= 15 is 0 Å². The lowest BCUT2D eigenvalue weighted by molar-refractivity contribution is -0.143. The van der Waals surface area contributed by atoms with Crippen LogP contribution in [0.2, 0.25) is 0 Å². The van der Waals surface area contributed by atoms with Gasteiger partial charge in [0, 0.05) is 23.2 Å². The highest BCUT2D eigenvalue weighted by Crippen LogP contribution is 2.23. The number of hydrogen-bond acceptors (Lipinski definition) is 4. The van der Waals surface area contributed by atoms with Crippen LogP contribution in [0, 0.1) is 0 Å². The summed E-state index contributed by atoms with van der Waals surface area (Å²) in [5.74, 6) is -0.299. The van der Waals surface area contributed by atoms with Crippen LogP contribution in [0.1, 0.15) is 25.5 Å². The highest BCUT2D eigenvalue weighted by atomic mass is 16.5. The lowest BCUT2D eigenvalue weighted by Gasteiger charge is -2.20. The van der Waals surface area contributed by atoms with E-state index in [0.717, 1.165) is 16.5 Å². The fourth-order valence-electron chi connectivity index (χ4n) is 2.10. The maximum absolute atomic E-state index is 12.0. The van der Waals surface area contributed by atoms with Gasteiger partial charge in [0.15, 0.2) is 0 Å². The van der Waals surface area contributed by atoms with Crippen LogP contribution in [0.3, 0.4) is 0 Å². The van der Waals surface area contributed by atoms with Crippen molar-refractivity contribution in [3.05, 3.63) is 42.1 Å². The molecule has 0 radical (unpaired) electrons. The number of methoxy groups -OCH3 is 1. The van der Waals surface area contributed by atoms with Crippen LogP contribution in [0.4, 0.5) is 0 Å². The predicted molar refractivity (Wildman–Crippen MR) is 74.8 cm³/mol. The van der Waals surface area contributed by atoms with Gasteiger partial charge >= 0.3 is 5.97 Å². The van der Waals surface area contributed by atoms with Crippen LogP contribution >= 0.6 is 0 Å². The Bertz CT molecular complexity index is 576. The molecule has 0 saturated carbocycles. The molecule has 0 aliphatic carbocycles. The molecule has 2 rings (SSSR count). The minimum Gasteiger partial charge on any atom is -0.468 e. The molecule has 0 aliphatic rings. The van der Waals surface area contributed by atoms with Gasteiger partial charge < -0.3 is 4.74 Å². The molecular formula is C15H18N2O2. The van der Waals surface area contributed by atoms with Gasteiger partial charge in [-0.15, -0.1) is 0 Å². The third kappa shape index (κ3) is 2.90. The molecule has 1 aromatic heterocycles. The van der Waals surface area contributed by atoms with Crippen molar-refractivity contribution in [2.75, 3.05) is 7.11 Å². The molecule has 100 valence electrons. The summed E-state index contributed by atoms with van der Waals surface area (Å²) in [7, 11) is 1.40. The summed E-state index contributed by atoms with van der Waals surface area (Å²) in [6.07, 6.45) is 1.73. The molecule has 4 nitrogen and oxygen atoms in total. The van der Waals surface area contributed by atoms with Gasteiger partial charge in [0.05, 0.1) is 12.6 Å². The Hall–Kier alpha value is -1.94. The quantitative estimate of drug-likeness (QED) is 0.856. The number of ether oxygens (including phenoxy) is 1. The predicted octanol–water partition coefficient (Wildman–Crippen LogP) is 2.45. The zero-order chi connectivity index (χ0) is 13.8. The molecule has 1 unspecified atom stereocenters. The van der Waals surface area contributed by atoms with Gasteiger partial charge in [-0.1, -0.05) is 24.3 Å². The normalized spacial score (nSPS) is 12.6. The molecule has 0 saturated heterocycles. The molecule has 2 aromatic rings. The second-order valence-corrected chi connectivity index (χ2v) is 4.70. The molecular weight excluding hydrogens is 240 g/mol. The number of carbonyl (C=O) groups excluding carboxylic acids is 1. The SMILES string of the molecule is COC(=O)C(NC(C)C)c1cccc2cccnc12. The maximum Gasteiger partial charge on any atom is 0.327 e. The first-order valence-electron chi connectivity index (χ1n) is 6.31. The minimum atomic E-state index is -0.497. The van der Waals surface area contributed by atoms with E-state index in [9.17, 15) is 4.79 Å². The van der Waals surface area contributed by atoms with Crippen LogP contribution in [0.15, 0.2) is 36.5 Å². The molecule has 1 N–H and O–H groups in total. The third-order valence-electron chi connectivity index (χ3n) is 2.91. The molecule has 0 aliphatic heterocycles. The first-order chi connectivity index (χ1) is 9.13. The van der Waals surface area contributed by atoms with E-state index in [1.54, 1.807) is 6.20 Å². The van der Waals surface area contributed by atoms with Crippen LogP contribution in [-0.2, 0) is 9.53 Å². The summed E-state index contributed by atoms with van der Waals surface area (Å²) in [6, 6.07) is 9.36. The Balaban J connectivity index is 2.52. The van der Waals surface area contributed by atoms with Crippen LogP contribution in [0.25, 0.3) is 10.9 Å². The van der Waals surface area contributed by atoms with Crippen molar-refractivity contribution >= 4 is 16.9 Å². The second kappa shape index (κ2) is 5.80. The van der Waals surface area contributed by atoms with E-state index in [0.29, 0.717) is 0 Å². The monoisotopic (exact) mass is 258 g/mol. The smallest absolute Gasteiger partial charge is 0.327 e. The molecule has 0 fully saturated rings. The van der Waals surface area contributed by atoms with E-state index in [1.807, 2.05) is 44.2 Å². The Labute approximate surface area is 112 Å². The molecule has 0 spiro atoms. The van der Waals surface area contributed by atoms with Gasteiger partial charge in [-0.25, -0.2) is 4.79 Å². The maximum atomic E-state index is 12.0. The number of nitrogens with one attached hydrogen (secondary N) is 1. The fourth-order valence-corrected chi connectivity index (χ4v) is 2.10. The molecule has 4 heteroatoms. The first-order valence-corrected chi connectivity index (χ1v) is 6.31. The molecule has 0 amide bonds. The van der Waals surface area contributed by atoms with Crippen molar-refractivity contribution in [3.63, 3.8) is 0 Å². The van der Waals surface area contributed by atoms with Crippen molar-refractivity contribution < 1.29 is 9.53 Å². The number of fused-ring (bicyclic) bond motifs is 1. The second-order valence-electron chi connectivity index (χ2n) is 4.70. The first kappa shape index (κ1) is 13.5. The van der Waals surface area contributed by atoms with Gasteiger partial charge in [0.25, 0.3) is 0 Å². The lowest BCUT2D eigenvalue weighted by atomic mass is 10.0. The van der Waals surface area contributed by atoms with E-state index < -0.39 is 6.04 Å². The van der Waals surface area contributed by atoms with Crippen molar-refractivity contribution in [2.24, 2.45) is 0 Å². The van der Waals surface area contributed by atoms with Gasteiger partial charge in [0.1, 0.15) is 6.04 Å². The summed E-state index contributed by atoms with van der Waals surface area (Å²) in [5, 5.41) is 4.24. The zero-order valence-electron chi connectivity index (χ0n) is 11.4. The largest absolute Gasteiger partial charge is 0.468 e. The zero-order valence-corrected chi connectivity index (χ0v) is 11.4. The Morgan fingerprint density at radius 3 is 2.68 bits per heavy atom. The number of rotatable bonds is 4. The topological polar surface area (TPSA) is 51.2 Å². The Morgan fingerprint density at radius 2 is 2.00 bits per heavy atom. The summed E-state index contributed by atoms with van der Waals surface area (Å²) in [6.45, 7) is 3.99. The van der Waals surface area contributed by atoms with Crippen LogP contribution in [-0.4, -0.2) is 24.1 Å². The number of carbonyl (C=O) groups is 1. The summed E-state index contributed by atoms with van der Waals surface area (Å²) >= 11 is 0. The Morgan fingerprint density at radius 1 is 1.26 bits per heavy atom. The van der Waals surface area contributed by atoms with Crippen molar-refractivity contribution in [2.45, 2.75) is 25.9 Å². The van der Waals surface area contributed by atoms with Crippen molar-refractivity contribution in [1.82, 2.24) is 10.3 Å².